The van der Waals surface area contributed by atoms with E-state index in [2.05, 4.69) is 68.9 Å². The highest BCUT2D eigenvalue weighted by Crippen LogP contribution is 2.28. The Bertz CT molecular complexity index is 583. The summed E-state index contributed by atoms with van der Waals surface area (Å²) in [6, 6.07) is 8.91. The Balaban J connectivity index is 2.38. The van der Waals surface area contributed by atoms with Gasteiger partial charge in [-0.25, -0.2) is 4.98 Å². The van der Waals surface area contributed by atoms with Gasteiger partial charge in [0.25, 0.3) is 0 Å². The smallest absolute Gasteiger partial charge is 0.111 e. The van der Waals surface area contributed by atoms with E-state index in [1.165, 1.54) is 11.3 Å². The van der Waals surface area contributed by atoms with Crippen LogP contribution in [0.4, 0.5) is 0 Å². The summed E-state index contributed by atoms with van der Waals surface area (Å²) >= 11 is 0. The molecule has 2 aromatic rings. The van der Waals surface area contributed by atoms with Gasteiger partial charge in [0.1, 0.15) is 5.82 Å². The Kier molecular flexibility index (Phi) is 5.04. The molecule has 1 aromatic heterocycles. The summed E-state index contributed by atoms with van der Waals surface area (Å²) in [6.45, 7) is 10.2. The highest BCUT2D eigenvalue weighted by atomic mass is 15.1. The third-order valence-corrected chi connectivity index (χ3v) is 4.77. The summed E-state index contributed by atoms with van der Waals surface area (Å²) in [4.78, 5) is 4.89. The van der Waals surface area contributed by atoms with E-state index in [0.29, 0.717) is 6.04 Å². The number of hydrogen-bond acceptors (Lipinski definition) is 2. The summed E-state index contributed by atoms with van der Waals surface area (Å²) in [5, 5.41) is 3.50. The van der Waals surface area contributed by atoms with Gasteiger partial charge in [0, 0.05) is 19.0 Å². The summed E-state index contributed by atoms with van der Waals surface area (Å²) in [5.41, 5.74) is 2.65. The van der Waals surface area contributed by atoms with Crippen molar-refractivity contribution in [3.05, 3.63) is 30.1 Å². The zero-order valence-electron chi connectivity index (χ0n) is 14.1. The molecule has 0 saturated heterocycles. The Morgan fingerprint density at radius 2 is 1.95 bits per heavy atom. The first kappa shape index (κ1) is 16.0. The highest BCUT2D eigenvalue weighted by Gasteiger charge is 2.28. The maximum absolute atomic E-state index is 4.89. The first-order valence-electron chi connectivity index (χ1n) is 8.14. The third kappa shape index (κ3) is 3.29. The van der Waals surface area contributed by atoms with E-state index in [-0.39, 0.29) is 5.41 Å². The van der Waals surface area contributed by atoms with Gasteiger partial charge < -0.3 is 9.88 Å². The molecule has 0 aliphatic rings. The lowest BCUT2D eigenvalue weighted by atomic mass is 9.80. The normalized spacial score (nSPS) is 13.8. The van der Waals surface area contributed by atoms with Crippen molar-refractivity contribution in [3.8, 4) is 0 Å². The molecule has 1 aromatic carbocycles. The number of aryl methyl sites for hydroxylation is 1. The fourth-order valence-electron chi connectivity index (χ4n) is 2.95. The van der Waals surface area contributed by atoms with E-state index in [0.717, 1.165) is 31.3 Å². The largest absolute Gasteiger partial charge is 0.328 e. The first-order valence-corrected chi connectivity index (χ1v) is 8.14. The van der Waals surface area contributed by atoms with Gasteiger partial charge in [0.05, 0.1) is 11.0 Å². The quantitative estimate of drug-likeness (QED) is 0.833. The molecule has 0 bridgehead atoms. The standard InChI is InChI=1S/C18H29N3/c1-6-12-21-15-11-9-8-10-14(15)20-17(21)13-16(19-5)18(3,4)7-2/h8-11,16,19H,6-7,12-13H2,1-5H3. The summed E-state index contributed by atoms with van der Waals surface area (Å²) in [7, 11) is 2.06. The summed E-state index contributed by atoms with van der Waals surface area (Å²) < 4.78 is 2.39. The molecule has 0 saturated carbocycles. The van der Waals surface area contributed by atoms with Crippen LogP contribution in [0.25, 0.3) is 11.0 Å². The van der Waals surface area contributed by atoms with Crippen LogP contribution in [-0.4, -0.2) is 22.6 Å². The fourth-order valence-corrected chi connectivity index (χ4v) is 2.95. The molecule has 0 aliphatic carbocycles. The van der Waals surface area contributed by atoms with Crippen molar-refractivity contribution in [3.63, 3.8) is 0 Å². The average Bonchev–Trinajstić information content (AvgIpc) is 2.83. The number of imidazole rings is 1. The topological polar surface area (TPSA) is 29.9 Å². The van der Waals surface area contributed by atoms with Crippen molar-refractivity contribution in [1.29, 1.82) is 0 Å². The lowest BCUT2D eigenvalue weighted by Crippen LogP contribution is -2.41. The molecule has 0 aliphatic heterocycles. The van der Waals surface area contributed by atoms with Crippen LogP contribution in [0.5, 0.6) is 0 Å². The van der Waals surface area contributed by atoms with Crippen LogP contribution in [-0.2, 0) is 13.0 Å². The lowest BCUT2D eigenvalue weighted by molar-refractivity contribution is 0.236. The molecule has 0 fully saturated rings. The van der Waals surface area contributed by atoms with Crippen molar-refractivity contribution in [1.82, 2.24) is 14.9 Å². The zero-order valence-corrected chi connectivity index (χ0v) is 14.1. The fraction of sp³-hybridized carbons (Fsp3) is 0.611. The number of nitrogens with one attached hydrogen (secondary N) is 1. The maximum Gasteiger partial charge on any atom is 0.111 e. The number of para-hydroxylation sites is 2. The Morgan fingerprint density at radius 3 is 2.57 bits per heavy atom. The molecule has 0 spiro atoms. The lowest BCUT2D eigenvalue weighted by Gasteiger charge is -2.33. The van der Waals surface area contributed by atoms with E-state index in [1.807, 2.05) is 0 Å². The molecule has 3 nitrogen and oxygen atoms in total. The van der Waals surface area contributed by atoms with Crippen LogP contribution in [0.2, 0.25) is 0 Å². The Morgan fingerprint density at radius 1 is 1.24 bits per heavy atom. The van der Waals surface area contributed by atoms with Crippen LogP contribution in [0.3, 0.4) is 0 Å². The monoisotopic (exact) mass is 287 g/mol. The molecule has 1 atom stereocenters. The van der Waals surface area contributed by atoms with Gasteiger partial charge in [-0.2, -0.15) is 0 Å². The minimum atomic E-state index is 0.268. The van der Waals surface area contributed by atoms with Gasteiger partial charge in [-0.3, -0.25) is 0 Å². The van der Waals surface area contributed by atoms with Gasteiger partial charge in [-0.15, -0.1) is 0 Å². The molecule has 21 heavy (non-hydrogen) atoms. The number of fused-ring (bicyclic) bond motifs is 1. The molecule has 1 unspecified atom stereocenters. The van der Waals surface area contributed by atoms with Crippen LogP contribution in [0.1, 0.15) is 46.4 Å². The molecule has 0 amide bonds. The van der Waals surface area contributed by atoms with Gasteiger partial charge in [-0.1, -0.05) is 39.8 Å². The van der Waals surface area contributed by atoms with Crippen LogP contribution < -0.4 is 5.32 Å². The number of nitrogens with zero attached hydrogens (tertiary/aromatic N) is 2. The molecule has 1 N–H and O–H groups in total. The van der Waals surface area contributed by atoms with E-state index < -0.39 is 0 Å². The number of likely N-dealkylation sites (N-methyl/N-ethyl adjacent to an activating group) is 1. The van der Waals surface area contributed by atoms with Gasteiger partial charge in [0.2, 0.25) is 0 Å². The second-order valence-electron chi connectivity index (χ2n) is 6.56. The van der Waals surface area contributed by atoms with Crippen molar-refractivity contribution in [2.75, 3.05) is 7.05 Å². The Hall–Kier alpha value is -1.35. The van der Waals surface area contributed by atoms with E-state index in [9.17, 15) is 0 Å². The first-order chi connectivity index (χ1) is 10.0. The number of benzene rings is 1. The van der Waals surface area contributed by atoms with Crippen LogP contribution in [0, 0.1) is 5.41 Å². The Labute approximate surface area is 128 Å². The van der Waals surface area contributed by atoms with E-state index in [1.54, 1.807) is 0 Å². The zero-order chi connectivity index (χ0) is 15.5. The summed E-state index contributed by atoms with van der Waals surface area (Å²) in [5.74, 6) is 1.21. The van der Waals surface area contributed by atoms with Crippen LogP contribution >= 0.6 is 0 Å². The molecule has 2 rings (SSSR count). The molecular weight excluding hydrogens is 258 g/mol. The SMILES string of the molecule is CCCn1c(CC(NC)C(C)(C)CC)nc2ccccc21. The highest BCUT2D eigenvalue weighted by molar-refractivity contribution is 5.75. The molecule has 116 valence electrons. The van der Waals surface area contributed by atoms with Crippen molar-refractivity contribution in [2.24, 2.45) is 5.41 Å². The number of aromatic nitrogens is 2. The van der Waals surface area contributed by atoms with Crippen molar-refractivity contribution >= 4 is 11.0 Å². The van der Waals surface area contributed by atoms with E-state index >= 15 is 0 Å². The van der Waals surface area contributed by atoms with Crippen LogP contribution in [0.15, 0.2) is 24.3 Å². The predicted octanol–water partition coefficient (Wildman–Crippen LogP) is 4.01. The third-order valence-electron chi connectivity index (χ3n) is 4.77. The van der Waals surface area contributed by atoms with Crippen molar-refractivity contribution < 1.29 is 0 Å². The molecule has 1 heterocycles. The van der Waals surface area contributed by atoms with Gasteiger partial charge >= 0.3 is 0 Å². The molecule has 0 radical (unpaired) electrons. The second-order valence-corrected chi connectivity index (χ2v) is 6.56. The van der Waals surface area contributed by atoms with Crippen molar-refractivity contribution in [2.45, 2.75) is 59.5 Å². The minimum absolute atomic E-state index is 0.268. The second kappa shape index (κ2) is 6.61. The molecule has 3 heteroatoms. The number of rotatable bonds is 7. The minimum Gasteiger partial charge on any atom is -0.328 e. The van der Waals surface area contributed by atoms with Gasteiger partial charge in [0.15, 0.2) is 0 Å². The maximum atomic E-state index is 4.89. The average molecular weight is 287 g/mol. The summed E-state index contributed by atoms with van der Waals surface area (Å²) in [6.07, 6.45) is 3.27. The van der Waals surface area contributed by atoms with E-state index in [4.69, 9.17) is 4.98 Å². The molecular formula is C18H29N3. The van der Waals surface area contributed by atoms with Gasteiger partial charge in [-0.05, 0) is 37.4 Å². The number of hydrogen-bond donors (Lipinski definition) is 1. The predicted molar refractivity (Wildman–Crippen MR) is 90.6 cm³/mol.